The average Bonchev–Trinajstić information content (AvgIpc) is 2.50. The predicted molar refractivity (Wildman–Crippen MR) is 109 cm³/mol. The van der Waals surface area contributed by atoms with Crippen LogP contribution in [0.3, 0.4) is 0 Å². The lowest BCUT2D eigenvalue weighted by Gasteiger charge is -2.13. The van der Waals surface area contributed by atoms with Gasteiger partial charge < -0.3 is 20.1 Å². The summed E-state index contributed by atoms with van der Waals surface area (Å²) in [5.41, 5.74) is 0.807. The lowest BCUT2D eigenvalue weighted by molar-refractivity contribution is 0.172. The maximum atomic E-state index is 11.1. The van der Waals surface area contributed by atoms with Crippen LogP contribution in [0.2, 0.25) is 0 Å². The van der Waals surface area contributed by atoms with Crippen LogP contribution in [0.4, 0.5) is 5.69 Å². The first-order valence-corrected chi connectivity index (χ1v) is 9.38. The largest absolute Gasteiger partial charge is 0.493 e. The number of sulfone groups is 1. The van der Waals surface area contributed by atoms with Gasteiger partial charge in [0.2, 0.25) is 0 Å². The minimum absolute atomic E-state index is 0. The molecule has 0 bridgehead atoms. The molecule has 1 aromatic rings. The van der Waals surface area contributed by atoms with Gasteiger partial charge in [0.05, 0.1) is 12.4 Å². The zero-order chi connectivity index (χ0) is 17.1. The van der Waals surface area contributed by atoms with Gasteiger partial charge in [-0.15, -0.1) is 24.0 Å². The van der Waals surface area contributed by atoms with Crippen molar-refractivity contribution in [3.8, 4) is 5.75 Å². The smallest absolute Gasteiger partial charge is 0.195 e. The molecule has 0 fully saturated rings. The van der Waals surface area contributed by atoms with Crippen LogP contribution in [-0.4, -0.2) is 60.3 Å². The predicted octanol–water partition coefficient (Wildman–Crippen LogP) is 1.75. The quantitative estimate of drug-likeness (QED) is 0.247. The molecular formula is C15H26IN3O4S. The molecule has 0 unspecified atom stereocenters. The minimum Gasteiger partial charge on any atom is -0.493 e. The van der Waals surface area contributed by atoms with Crippen molar-refractivity contribution in [2.24, 2.45) is 4.99 Å². The number of rotatable bonds is 9. The Morgan fingerprint density at radius 2 is 2.04 bits per heavy atom. The molecule has 0 atom stereocenters. The van der Waals surface area contributed by atoms with E-state index in [-0.39, 0.29) is 29.7 Å². The van der Waals surface area contributed by atoms with E-state index in [1.165, 1.54) is 6.26 Å². The van der Waals surface area contributed by atoms with Crippen LogP contribution < -0.4 is 15.4 Å². The van der Waals surface area contributed by atoms with E-state index >= 15 is 0 Å². The first-order valence-electron chi connectivity index (χ1n) is 7.32. The molecule has 9 heteroatoms. The highest BCUT2D eigenvalue weighted by atomic mass is 127. The normalized spacial score (nSPS) is 11.5. The summed E-state index contributed by atoms with van der Waals surface area (Å²) in [6.45, 7) is 1.54. The van der Waals surface area contributed by atoms with Crippen LogP contribution in [-0.2, 0) is 14.6 Å². The maximum Gasteiger partial charge on any atom is 0.195 e. The summed E-state index contributed by atoms with van der Waals surface area (Å²) in [6, 6.07) is 7.48. The van der Waals surface area contributed by atoms with E-state index in [2.05, 4.69) is 15.6 Å². The number of nitrogens with one attached hydrogen (secondary N) is 2. The number of anilines is 1. The number of guanidine groups is 1. The summed E-state index contributed by atoms with van der Waals surface area (Å²) >= 11 is 0. The Kier molecular flexibility index (Phi) is 11.8. The lowest BCUT2D eigenvalue weighted by atomic mass is 10.3. The van der Waals surface area contributed by atoms with E-state index in [1.807, 2.05) is 24.3 Å². The molecule has 0 saturated heterocycles. The molecule has 0 spiro atoms. The fourth-order valence-electron chi connectivity index (χ4n) is 1.73. The van der Waals surface area contributed by atoms with E-state index in [9.17, 15) is 8.42 Å². The van der Waals surface area contributed by atoms with Gasteiger partial charge >= 0.3 is 0 Å². The second-order valence-corrected chi connectivity index (χ2v) is 7.24. The Morgan fingerprint density at radius 3 is 2.67 bits per heavy atom. The molecule has 0 aliphatic carbocycles. The molecule has 138 valence electrons. The van der Waals surface area contributed by atoms with Crippen molar-refractivity contribution in [1.82, 2.24) is 5.32 Å². The van der Waals surface area contributed by atoms with Crippen molar-refractivity contribution < 1.29 is 17.9 Å². The standard InChI is InChI=1S/C15H25N3O4S.HI/c1-16-15(17-8-11-23(3,19)20)18-13-6-4-7-14(12-13)22-10-5-9-21-2;/h4,6-7,12H,5,8-11H2,1-3H3,(H2,16,17,18);1H. The lowest BCUT2D eigenvalue weighted by Crippen LogP contribution is -2.34. The van der Waals surface area contributed by atoms with Crippen LogP contribution in [0.15, 0.2) is 29.3 Å². The molecule has 0 aromatic heterocycles. The molecule has 0 radical (unpaired) electrons. The van der Waals surface area contributed by atoms with Crippen LogP contribution in [0, 0.1) is 0 Å². The first kappa shape index (κ1) is 22.9. The van der Waals surface area contributed by atoms with Gasteiger partial charge in [-0.3, -0.25) is 4.99 Å². The average molecular weight is 471 g/mol. The molecule has 1 aromatic carbocycles. The van der Waals surface area contributed by atoms with Gasteiger partial charge in [-0.1, -0.05) is 6.07 Å². The maximum absolute atomic E-state index is 11.1. The highest BCUT2D eigenvalue weighted by molar-refractivity contribution is 14.0. The Balaban J connectivity index is 0.00000529. The van der Waals surface area contributed by atoms with E-state index in [0.717, 1.165) is 17.9 Å². The zero-order valence-corrected chi connectivity index (χ0v) is 17.4. The van der Waals surface area contributed by atoms with Gasteiger partial charge in [0.25, 0.3) is 0 Å². The van der Waals surface area contributed by atoms with E-state index in [4.69, 9.17) is 9.47 Å². The van der Waals surface area contributed by atoms with Crippen LogP contribution in [0.5, 0.6) is 5.75 Å². The number of ether oxygens (including phenoxy) is 2. The molecule has 1 rings (SSSR count). The van der Waals surface area contributed by atoms with Gasteiger partial charge in [0.15, 0.2) is 5.96 Å². The second-order valence-electron chi connectivity index (χ2n) is 4.98. The third kappa shape index (κ3) is 10.7. The second kappa shape index (κ2) is 12.3. The van der Waals surface area contributed by atoms with Gasteiger partial charge in [0.1, 0.15) is 15.6 Å². The highest BCUT2D eigenvalue weighted by Crippen LogP contribution is 2.17. The van der Waals surface area contributed by atoms with Crippen molar-refractivity contribution in [2.75, 3.05) is 51.2 Å². The van der Waals surface area contributed by atoms with Gasteiger partial charge in [-0.05, 0) is 12.1 Å². The number of methoxy groups -OCH3 is 1. The number of halogens is 1. The minimum atomic E-state index is -3.00. The topological polar surface area (TPSA) is 89.0 Å². The van der Waals surface area contributed by atoms with E-state index in [1.54, 1.807) is 14.2 Å². The number of benzene rings is 1. The van der Waals surface area contributed by atoms with E-state index < -0.39 is 9.84 Å². The molecule has 2 N–H and O–H groups in total. The Labute approximate surface area is 161 Å². The number of aliphatic imine (C=N–C) groups is 1. The fraction of sp³-hybridized carbons (Fsp3) is 0.533. The SMILES string of the molecule is CN=C(NCCS(C)(=O)=O)Nc1cccc(OCCCOC)c1.I. The van der Waals surface area contributed by atoms with Gasteiger partial charge in [0, 0.05) is 51.7 Å². The molecule has 0 amide bonds. The zero-order valence-electron chi connectivity index (χ0n) is 14.2. The van der Waals surface area contributed by atoms with Crippen molar-refractivity contribution in [3.05, 3.63) is 24.3 Å². The van der Waals surface area contributed by atoms with E-state index in [0.29, 0.717) is 25.7 Å². The molecule has 0 aliphatic heterocycles. The van der Waals surface area contributed by atoms with Gasteiger partial charge in [-0.25, -0.2) is 8.42 Å². The summed E-state index contributed by atoms with van der Waals surface area (Å²) in [6.07, 6.45) is 2.03. The van der Waals surface area contributed by atoms with Crippen LogP contribution in [0.1, 0.15) is 6.42 Å². The van der Waals surface area contributed by atoms with Crippen LogP contribution in [0.25, 0.3) is 0 Å². The monoisotopic (exact) mass is 471 g/mol. The van der Waals surface area contributed by atoms with Crippen molar-refractivity contribution >= 4 is 45.5 Å². The summed E-state index contributed by atoms with van der Waals surface area (Å²) in [4.78, 5) is 4.06. The molecule has 7 nitrogen and oxygen atoms in total. The highest BCUT2D eigenvalue weighted by Gasteiger charge is 2.04. The summed E-state index contributed by atoms with van der Waals surface area (Å²) < 4.78 is 32.9. The molecule has 24 heavy (non-hydrogen) atoms. The molecule has 0 saturated carbocycles. The van der Waals surface area contributed by atoms with Gasteiger partial charge in [-0.2, -0.15) is 0 Å². The number of hydrogen-bond donors (Lipinski definition) is 2. The number of hydrogen-bond acceptors (Lipinski definition) is 5. The Hall–Kier alpha value is -1.07. The molecule has 0 heterocycles. The van der Waals surface area contributed by atoms with Crippen molar-refractivity contribution in [3.63, 3.8) is 0 Å². The summed E-state index contributed by atoms with van der Waals surface area (Å²) in [5.74, 6) is 1.30. The van der Waals surface area contributed by atoms with Crippen molar-refractivity contribution in [2.45, 2.75) is 6.42 Å². The van der Waals surface area contributed by atoms with Crippen molar-refractivity contribution in [1.29, 1.82) is 0 Å². The third-order valence-corrected chi connectivity index (χ3v) is 3.79. The van der Waals surface area contributed by atoms with Crippen LogP contribution >= 0.6 is 24.0 Å². The fourth-order valence-corrected chi connectivity index (χ4v) is 2.20. The molecular weight excluding hydrogens is 445 g/mol. The first-order chi connectivity index (χ1) is 10.9. The Bertz CT molecular complexity index is 608. The Morgan fingerprint density at radius 1 is 1.29 bits per heavy atom. The summed E-state index contributed by atoms with van der Waals surface area (Å²) in [5, 5.41) is 6.05. The molecule has 0 aliphatic rings. The third-order valence-electron chi connectivity index (χ3n) is 2.85. The number of nitrogens with zero attached hydrogens (tertiary/aromatic N) is 1. The summed E-state index contributed by atoms with van der Waals surface area (Å²) in [7, 11) is 0.287.